The minimum Gasteiger partial charge on any atom is -0.462 e. The predicted molar refractivity (Wildman–Crippen MR) is 86.4 cm³/mol. The van der Waals surface area contributed by atoms with E-state index in [-0.39, 0.29) is 24.5 Å². The molecule has 2 heterocycles. The van der Waals surface area contributed by atoms with Crippen LogP contribution in [0.3, 0.4) is 0 Å². The Hall–Kier alpha value is -2.26. The van der Waals surface area contributed by atoms with Crippen LogP contribution in [0.1, 0.15) is 28.0 Å². The molecule has 0 saturated heterocycles. The number of esters is 1. The average Bonchev–Trinajstić information content (AvgIpc) is 3.08. The number of ether oxygens (including phenoxy) is 1. The van der Waals surface area contributed by atoms with Crippen molar-refractivity contribution >= 4 is 29.0 Å². The Morgan fingerprint density at radius 1 is 1.48 bits per heavy atom. The Morgan fingerprint density at radius 3 is 2.96 bits per heavy atom. The van der Waals surface area contributed by atoms with Crippen LogP contribution in [-0.4, -0.2) is 39.8 Å². The Bertz CT molecular complexity index is 694. The highest BCUT2D eigenvalue weighted by atomic mass is 32.1. The first-order valence-electron chi connectivity index (χ1n) is 7.17. The topological polar surface area (TPSA) is 112 Å². The van der Waals surface area contributed by atoms with Gasteiger partial charge in [0.15, 0.2) is 0 Å². The summed E-state index contributed by atoms with van der Waals surface area (Å²) in [4.78, 5) is 28.4. The van der Waals surface area contributed by atoms with E-state index in [0.29, 0.717) is 24.5 Å². The maximum absolute atomic E-state index is 12.2. The quantitative estimate of drug-likeness (QED) is 0.721. The molecule has 0 atom stereocenters. The second kappa shape index (κ2) is 7.84. The van der Waals surface area contributed by atoms with Gasteiger partial charge in [-0.3, -0.25) is 9.48 Å². The molecular formula is C14H19N5O3S. The van der Waals surface area contributed by atoms with Crippen molar-refractivity contribution in [1.82, 2.24) is 14.8 Å². The summed E-state index contributed by atoms with van der Waals surface area (Å²) < 4.78 is 6.37. The number of thiazole rings is 1. The molecule has 2 aromatic rings. The zero-order chi connectivity index (χ0) is 16.8. The molecule has 2 rings (SSSR count). The number of aryl methyl sites for hydroxylation is 1. The predicted octanol–water partition coefficient (Wildman–Crippen LogP) is 0.736. The maximum atomic E-state index is 12.2. The molecule has 0 spiro atoms. The van der Waals surface area contributed by atoms with Gasteiger partial charge >= 0.3 is 5.97 Å². The molecule has 0 aliphatic heterocycles. The number of hydrogen-bond acceptors (Lipinski definition) is 7. The van der Waals surface area contributed by atoms with Crippen molar-refractivity contribution in [2.24, 2.45) is 12.8 Å². The lowest BCUT2D eigenvalue weighted by Gasteiger charge is -2.07. The number of carbonyl (C=O) groups is 2. The number of hydrogen-bond donors (Lipinski definition) is 2. The van der Waals surface area contributed by atoms with Crippen molar-refractivity contribution in [1.29, 1.82) is 0 Å². The van der Waals surface area contributed by atoms with E-state index in [2.05, 4.69) is 15.4 Å². The molecule has 0 aliphatic rings. The van der Waals surface area contributed by atoms with Crippen LogP contribution in [-0.2, 0) is 29.4 Å². The third-order valence-electron chi connectivity index (χ3n) is 2.99. The summed E-state index contributed by atoms with van der Waals surface area (Å²) >= 11 is 1.48. The normalized spacial score (nSPS) is 10.6. The number of nitrogens with one attached hydrogen (secondary N) is 1. The van der Waals surface area contributed by atoms with Crippen molar-refractivity contribution in [3.8, 4) is 0 Å². The number of rotatable bonds is 7. The van der Waals surface area contributed by atoms with Crippen molar-refractivity contribution < 1.29 is 14.3 Å². The van der Waals surface area contributed by atoms with Crippen LogP contribution < -0.4 is 11.1 Å². The highest BCUT2D eigenvalue weighted by Gasteiger charge is 2.19. The molecule has 2 aromatic heterocycles. The molecule has 124 valence electrons. The van der Waals surface area contributed by atoms with Gasteiger partial charge in [-0.1, -0.05) is 0 Å². The lowest BCUT2D eigenvalue weighted by Crippen LogP contribution is -2.19. The highest BCUT2D eigenvalue weighted by Crippen LogP contribution is 2.16. The number of nitrogens with two attached hydrogens (primary N) is 1. The largest absolute Gasteiger partial charge is 0.462 e. The zero-order valence-corrected chi connectivity index (χ0v) is 13.9. The van der Waals surface area contributed by atoms with E-state index in [0.717, 1.165) is 5.01 Å². The summed E-state index contributed by atoms with van der Waals surface area (Å²) in [6.07, 6.45) is 2.19. The molecule has 8 nitrogen and oxygen atoms in total. The van der Waals surface area contributed by atoms with E-state index in [1.165, 1.54) is 22.2 Å². The van der Waals surface area contributed by atoms with Crippen LogP contribution in [0.15, 0.2) is 11.6 Å². The molecule has 0 saturated carbocycles. The van der Waals surface area contributed by atoms with Gasteiger partial charge in [-0.15, -0.1) is 11.3 Å². The Kier molecular flexibility index (Phi) is 5.83. The van der Waals surface area contributed by atoms with E-state index in [1.807, 2.05) is 5.38 Å². The third kappa shape index (κ3) is 4.36. The average molecular weight is 337 g/mol. The minimum absolute atomic E-state index is 0.120. The molecule has 0 aromatic carbocycles. The first-order chi connectivity index (χ1) is 11.0. The fourth-order valence-corrected chi connectivity index (χ4v) is 2.77. The molecule has 0 bridgehead atoms. The Labute approximate surface area is 137 Å². The molecular weight excluding hydrogens is 318 g/mol. The van der Waals surface area contributed by atoms with Crippen molar-refractivity contribution in [3.63, 3.8) is 0 Å². The van der Waals surface area contributed by atoms with Gasteiger partial charge in [0.05, 0.1) is 29.9 Å². The van der Waals surface area contributed by atoms with Crippen LogP contribution >= 0.6 is 11.3 Å². The van der Waals surface area contributed by atoms with E-state index in [4.69, 9.17) is 10.5 Å². The summed E-state index contributed by atoms with van der Waals surface area (Å²) in [5.41, 5.74) is 6.38. The molecule has 0 fully saturated rings. The number of anilines is 1. The van der Waals surface area contributed by atoms with Gasteiger partial charge in [0.1, 0.15) is 11.4 Å². The summed E-state index contributed by atoms with van der Waals surface area (Å²) in [6.45, 7) is 2.49. The molecule has 23 heavy (non-hydrogen) atoms. The molecule has 0 aliphatic carbocycles. The van der Waals surface area contributed by atoms with Gasteiger partial charge in [-0.2, -0.15) is 5.10 Å². The number of amides is 1. The first-order valence-corrected chi connectivity index (χ1v) is 8.05. The summed E-state index contributed by atoms with van der Waals surface area (Å²) in [6, 6.07) is 0. The van der Waals surface area contributed by atoms with Gasteiger partial charge in [0, 0.05) is 18.8 Å². The molecule has 9 heteroatoms. The highest BCUT2D eigenvalue weighted by molar-refractivity contribution is 7.09. The van der Waals surface area contributed by atoms with E-state index in [9.17, 15) is 9.59 Å². The van der Waals surface area contributed by atoms with Crippen LogP contribution in [0.2, 0.25) is 0 Å². The maximum Gasteiger partial charge on any atom is 0.343 e. The van der Waals surface area contributed by atoms with Gasteiger partial charge in [0.2, 0.25) is 5.91 Å². The fourth-order valence-electron chi connectivity index (χ4n) is 1.95. The number of nitrogens with zero attached hydrogens (tertiary/aromatic N) is 3. The van der Waals surface area contributed by atoms with Gasteiger partial charge in [0.25, 0.3) is 0 Å². The minimum atomic E-state index is -0.519. The fraction of sp³-hybridized carbons (Fsp3) is 0.429. The molecule has 0 radical (unpaired) electrons. The first kappa shape index (κ1) is 17.1. The van der Waals surface area contributed by atoms with Crippen LogP contribution in [0.5, 0.6) is 0 Å². The van der Waals surface area contributed by atoms with E-state index < -0.39 is 5.97 Å². The van der Waals surface area contributed by atoms with Gasteiger partial charge < -0.3 is 15.8 Å². The van der Waals surface area contributed by atoms with Crippen LogP contribution in [0.25, 0.3) is 0 Å². The van der Waals surface area contributed by atoms with Crippen LogP contribution in [0.4, 0.5) is 5.82 Å². The standard InChI is InChI=1S/C14H19N5O3S/c1-3-22-14(21)10-7-16-19(2)13(10)18-11(20)6-9-8-23-12(17-9)4-5-15/h7-8H,3-6,15H2,1-2H3,(H,18,20). The van der Waals surface area contributed by atoms with Crippen molar-refractivity contribution in [2.45, 2.75) is 19.8 Å². The SMILES string of the molecule is CCOC(=O)c1cnn(C)c1NC(=O)Cc1csc(CCN)n1. The number of carbonyl (C=O) groups excluding carboxylic acids is 2. The van der Waals surface area contributed by atoms with E-state index >= 15 is 0 Å². The molecule has 1 amide bonds. The van der Waals surface area contributed by atoms with E-state index in [1.54, 1.807) is 14.0 Å². The second-order valence-corrected chi connectivity index (χ2v) is 5.69. The van der Waals surface area contributed by atoms with Crippen molar-refractivity contribution in [3.05, 3.63) is 27.8 Å². The van der Waals surface area contributed by atoms with Gasteiger partial charge in [-0.25, -0.2) is 9.78 Å². The lowest BCUT2D eigenvalue weighted by atomic mass is 10.3. The lowest BCUT2D eigenvalue weighted by molar-refractivity contribution is -0.115. The summed E-state index contributed by atoms with van der Waals surface area (Å²) in [5, 5.41) is 9.41. The summed E-state index contributed by atoms with van der Waals surface area (Å²) in [5.74, 6) is -0.482. The number of aromatic nitrogens is 3. The smallest absolute Gasteiger partial charge is 0.343 e. The van der Waals surface area contributed by atoms with Gasteiger partial charge in [-0.05, 0) is 13.5 Å². The van der Waals surface area contributed by atoms with Crippen LogP contribution in [0, 0.1) is 0 Å². The molecule has 0 unspecified atom stereocenters. The Balaban J connectivity index is 2.05. The monoisotopic (exact) mass is 337 g/mol. The van der Waals surface area contributed by atoms with Crippen molar-refractivity contribution in [2.75, 3.05) is 18.5 Å². The molecule has 3 N–H and O–H groups in total. The Morgan fingerprint density at radius 2 is 2.26 bits per heavy atom. The second-order valence-electron chi connectivity index (χ2n) is 4.75. The summed E-state index contributed by atoms with van der Waals surface area (Å²) in [7, 11) is 1.64. The zero-order valence-electron chi connectivity index (χ0n) is 13.0. The third-order valence-corrected chi connectivity index (χ3v) is 3.95.